The van der Waals surface area contributed by atoms with E-state index in [2.05, 4.69) is 15.6 Å². The molecule has 0 aliphatic carbocycles. The number of halogens is 1. The van der Waals surface area contributed by atoms with Crippen molar-refractivity contribution < 1.29 is 13.2 Å². The standard InChI is InChI=1S/C23H26ClN5O3S/c1-16-9-11-20(12-10-16)33(31,32)28(4)15-23(30)26-25-13-21-17(2)27-29(18(21)3)14-19-7-5-6-8-22(19)24/h5-13H,14-15H2,1-4H3,(H,26,30)/b25-13+. The monoisotopic (exact) mass is 487 g/mol. The predicted molar refractivity (Wildman–Crippen MR) is 129 cm³/mol. The van der Waals surface area contributed by atoms with Crippen LogP contribution in [0.1, 0.15) is 28.1 Å². The first-order valence-electron chi connectivity index (χ1n) is 10.2. The van der Waals surface area contributed by atoms with Crippen LogP contribution in [-0.4, -0.2) is 48.2 Å². The summed E-state index contributed by atoms with van der Waals surface area (Å²) < 4.78 is 28.1. The Morgan fingerprint density at radius 1 is 1.15 bits per heavy atom. The second-order valence-electron chi connectivity index (χ2n) is 7.70. The molecule has 3 rings (SSSR count). The molecule has 3 aromatic rings. The fourth-order valence-corrected chi connectivity index (χ4v) is 4.54. The third-order valence-corrected chi connectivity index (χ3v) is 7.38. The number of aryl methyl sites for hydroxylation is 2. The molecule has 0 saturated heterocycles. The van der Waals surface area contributed by atoms with Crippen molar-refractivity contribution in [3.8, 4) is 0 Å². The lowest BCUT2D eigenvalue weighted by atomic mass is 10.2. The van der Waals surface area contributed by atoms with Gasteiger partial charge in [-0.05, 0) is 44.5 Å². The number of amides is 1. The highest BCUT2D eigenvalue weighted by Gasteiger charge is 2.22. The molecule has 1 amide bonds. The van der Waals surface area contributed by atoms with Gasteiger partial charge in [0.05, 0.1) is 29.9 Å². The molecule has 0 radical (unpaired) electrons. The maximum Gasteiger partial charge on any atom is 0.255 e. The number of carbonyl (C=O) groups excluding carboxylic acids is 1. The number of benzene rings is 2. The van der Waals surface area contributed by atoms with Crippen molar-refractivity contribution in [3.05, 3.63) is 81.6 Å². The second-order valence-corrected chi connectivity index (χ2v) is 10.2. The summed E-state index contributed by atoms with van der Waals surface area (Å²) in [7, 11) is -2.42. The highest BCUT2D eigenvalue weighted by Crippen LogP contribution is 2.19. The number of aromatic nitrogens is 2. The van der Waals surface area contributed by atoms with Crippen LogP contribution in [0.15, 0.2) is 58.5 Å². The van der Waals surface area contributed by atoms with E-state index < -0.39 is 15.9 Å². The number of likely N-dealkylation sites (N-methyl/N-ethyl adjacent to an activating group) is 1. The van der Waals surface area contributed by atoms with Gasteiger partial charge in [0.1, 0.15) is 0 Å². The van der Waals surface area contributed by atoms with Crippen LogP contribution in [0.5, 0.6) is 0 Å². The molecule has 0 spiro atoms. The summed E-state index contributed by atoms with van der Waals surface area (Å²) in [5.74, 6) is -0.553. The summed E-state index contributed by atoms with van der Waals surface area (Å²) in [4.78, 5) is 12.4. The van der Waals surface area contributed by atoms with Crippen molar-refractivity contribution in [2.75, 3.05) is 13.6 Å². The number of hydrogen-bond acceptors (Lipinski definition) is 5. The van der Waals surface area contributed by atoms with Gasteiger partial charge in [0.15, 0.2) is 0 Å². The smallest absolute Gasteiger partial charge is 0.255 e. The Labute approximate surface area is 198 Å². The van der Waals surface area contributed by atoms with Crippen molar-refractivity contribution >= 4 is 33.7 Å². The molecule has 0 aliphatic rings. The van der Waals surface area contributed by atoms with E-state index in [1.165, 1.54) is 25.4 Å². The summed E-state index contributed by atoms with van der Waals surface area (Å²) in [5, 5.41) is 9.19. The predicted octanol–water partition coefficient (Wildman–Crippen LogP) is 3.28. The molecule has 10 heteroatoms. The lowest BCUT2D eigenvalue weighted by Gasteiger charge is -2.16. The molecular formula is C23H26ClN5O3S. The van der Waals surface area contributed by atoms with Crippen molar-refractivity contribution in [1.82, 2.24) is 19.5 Å². The van der Waals surface area contributed by atoms with Crippen LogP contribution in [0.25, 0.3) is 0 Å². The Kier molecular flexibility index (Phi) is 7.68. The minimum absolute atomic E-state index is 0.129. The minimum atomic E-state index is -3.77. The maximum absolute atomic E-state index is 12.6. The van der Waals surface area contributed by atoms with E-state index in [4.69, 9.17) is 11.6 Å². The van der Waals surface area contributed by atoms with E-state index >= 15 is 0 Å². The first-order chi connectivity index (χ1) is 15.6. The molecular weight excluding hydrogens is 462 g/mol. The van der Waals surface area contributed by atoms with Gasteiger partial charge in [-0.15, -0.1) is 0 Å². The number of nitrogens with zero attached hydrogens (tertiary/aromatic N) is 4. The van der Waals surface area contributed by atoms with Crippen LogP contribution in [0.2, 0.25) is 5.02 Å². The average Bonchev–Trinajstić information content (AvgIpc) is 3.03. The zero-order chi connectivity index (χ0) is 24.2. The molecule has 0 saturated carbocycles. The van der Waals surface area contributed by atoms with Gasteiger partial charge in [0, 0.05) is 23.3 Å². The van der Waals surface area contributed by atoms with E-state index in [1.807, 2.05) is 49.7 Å². The molecule has 0 aliphatic heterocycles. The van der Waals surface area contributed by atoms with E-state index in [-0.39, 0.29) is 11.4 Å². The van der Waals surface area contributed by atoms with Gasteiger partial charge in [-0.1, -0.05) is 47.5 Å². The SMILES string of the molecule is Cc1ccc(S(=O)(=O)N(C)CC(=O)N/N=C/c2c(C)nn(Cc3ccccc3Cl)c2C)cc1. The van der Waals surface area contributed by atoms with Crippen molar-refractivity contribution in [2.24, 2.45) is 5.10 Å². The van der Waals surface area contributed by atoms with Crippen molar-refractivity contribution in [3.63, 3.8) is 0 Å². The van der Waals surface area contributed by atoms with Crippen molar-refractivity contribution in [2.45, 2.75) is 32.2 Å². The Morgan fingerprint density at radius 3 is 2.48 bits per heavy atom. The lowest BCUT2D eigenvalue weighted by molar-refractivity contribution is -0.121. The average molecular weight is 488 g/mol. The van der Waals surface area contributed by atoms with Gasteiger partial charge in [-0.3, -0.25) is 9.48 Å². The molecule has 0 unspecified atom stereocenters. The zero-order valence-electron chi connectivity index (χ0n) is 18.9. The molecule has 2 aromatic carbocycles. The zero-order valence-corrected chi connectivity index (χ0v) is 20.5. The minimum Gasteiger partial charge on any atom is -0.272 e. The molecule has 0 atom stereocenters. The van der Waals surface area contributed by atoms with Crippen LogP contribution >= 0.6 is 11.6 Å². The summed E-state index contributed by atoms with van der Waals surface area (Å²) in [6.45, 7) is 5.77. The van der Waals surface area contributed by atoms with Crippen LogP contribution < -0.4 is 5.43 Å². The number of rotatable bonds is 8. The number of carbonyl (C=O) groups is 1. The van der Waals surface area contributed by atoms with Gasteiger partial charge < -0.3 is 0 Å². The van der Waals surface area contributed by atoms with E-state index in [0.29, 0.717) is 11.6 Å². The van der Waals surface area contributed by atoms with Gasteiger partial charge in [-0.2, -0.15) is 14.5 Å². The van der Waals surface area contributed by atoms with E-state index in [9.17, 15) is 13.2 Å². The topological polar surface area (TPSA) is 96.7 Å². The van der Waals surface area contributed by atoms with Crippen LogP contribution in [0, 0.1) is 20.8 Å². The molecule has 33 heavy (non-hydrogen) atoms. The molecule has 8 nitrogen and oxygen atoms in total. The van der Waals surface area contributed by atoms with E-state index in [1.54, 1.807) is 12.1 Å². The summed E-state index contributed by atoms with van der Waals surface area (Å²) in [6.07, 6.45) is 1.51. The Hall–Kier alpha value is -3.01. The Balaban J connectivity index is 1.64. The first-order valence-corrected chi connectivity index (χ1v) is 12.0. The number of nitrogens with one attached hydrogen (secondary N) is 1. The fourth-order valence-electron chi connectivity index (χ4n) is 3.22. The molecule has 0 fully saturated rings. The number of hydrogen-bond donors (Lipinski definition) is 1. The summed E-state index contributed by atoms with van der Waals surface area (Å²) >= 11 is 6.25. The van der Waals surface area contributed by atoms with Crippen LogP contribution in [-0.2, 0) is 21.4 Å². The molecule has 1 heterocycles. The summed E-state index contributed by atoms with van der Waals surface area (Å²) in [5.41, 5.74) is 6.65. The highest BCUT2D eigenvalue weighted by atomic mass is 35.5. The normalized spacial score (nSPS) is 11.9. The maximum atomic E-state index is 12.6. The molecule has 1 N–H and O–H groups in total. The first kappa shape index (κ1) is 24.6. The molecule has 0 bridgehead atoms. The van der Waals surface area contributed by atoms with Crippen LogP contribution in [0.3, 0.4) is 0 Å². The highest BCUT2D eigenvalue weighted by molar-refractivity contribution is 7.89. The van der Waals surface area contributed by atoms with Gasteiger partial charge in [-0.25, -0.2) is 13.8 Å². The Bertz CT molecular complexity index is 1280. The fraction of sp³-hybridized carbons (Fsp3) is 0.261. The summed E-state index contributed by atoms with van der Waals surface area (Å²) in [6, 6.07) is 14.0. The molecule has 174 valence electrons. The van der Waals surface area contributed by atoms with Crippen molar-refractivity contribution in [1.29, 1.82) is 0 Å². The van der Waals surface area contributed by atoms with Gasteiger partial charge in [0.25, 0.3) is 5.91 Å². The van der Waals surface area contributed by atoms with Crippen LogP contribution in [0.4, 0.5) is 0 Å². The third-order valence-electron chi connectivity index (χ3n) is 5.19. The largest absolute Gasteiger partial charge is 0.272 e. The molecule has 1 aromatic heterocycles. The number of hydrazone groups is 1. The Morgan fingerprint density at radius 2 is 1.82 bits per heavy atom. The van der Waals surface area contributed by atoms with Gasteiger partial charge in [0.2, 0.25) is 10.0 Å². The van der Waals surface area contributed by atoms with Gasteiger partial charge >= 0.3 is 0 Å². The second kappa shape index (κ2) is 10.3. The number of sulfonamides is 1. The van der Waals surface area contributed by atoms with E-state index in [0.717, 1.165) is 32.4 Å². The lowest BCUT2D eigenvalue weighted by Crippen LogP contribution is -2.36. The quantitative estimate of drug-likeness (QED) is 0.389. The third kappa shape index (κ3) is 5.87.